The van der Waals surface area contributed by atoms with Crippen molar-refractivity contribution in [2.24, 2.45) is 0 Å². The molecule has 0 aliphatic carbocycles. The Bertz CT molecular complexity index is 513. The minimum Gasteiger partial charge on any atom is -0.468 e. The molecule has 0 aliphatic heterocycles. The molecule has 0 spiro atoms. The third-order valence-corrected chi connectivity index (χ3v) is 3.39. The summed E-state index contributed by atoms with van der Waals surface area (Å²) < 4.78 is 19.9. The van der Waals surface area contributed by atoms with Gasteiger partial charge in [-0.25, -0.2) is 4.39 Å². The van der Waals surface area contributed by atoms with Gasteiger partial charge in [0, 0.05) is 16.1 Å². The van der Waals surface area contributed by atoms with Crippen LogP contribution >= 0.6 is 15.9 Å². The molecule has 0 aliphatic rings. The van der Waals surface area contributed by atoms with Crippen molar-refractivity contribution in [3.8, 4) is 0 Å². The number of halogens is 2. The summed E-state index contributed by atoms with van der Waals surface area (Å²) in [6, 6.07) is 8.65. The van der Waals surface area contributed by atoms with Gasteiger partial charge in [0.2, 0.25) is 0 Å². The van der Waals surface area contributed by atoms with Gasteiger partial charge in [-0.05, 0) is 44.2 Å². The van der Waals surface area contributed by atoms with E-state index in [0.717, 1.165) is 10.2 Å². The van der Waals surface area contributed by atoms with Gasteiger partial charge in [0.15, 0.2) is 0 Å². The van der Waals surface area contributed by atoms with Gasteiger partial charge in [0.25, 0.3) is 0 Å². The second-order valence-electron chi connectivity index (χ2n) is 4.29. The minimum atomic E-state index is -0.204. The molecular weight excluding hydrogens is 297 g/mol. The molecule has 2 nitrogen and oxygen atoms in total. The lowest BCUT2D eigenvalue weighted by Gasteiger charge is -2.19. The van der Waals surface area contributed by atoms with E-state index in [9.17, 15) is 4.39 Å². The Morgan fingerprint density at radius 2 is 2.00 bits per heavy atom. The summed E-state index contributed by atoms with van der Waals surface area (Å²) >= 11 is 3.36. The van der Waals surface area contributed by atoms with Gasteiger partial charge < -0.3 is 9.73 Å². The molecule has 96 valence electrons. The van der Waals surface area contributed by atoms with Crippen molar-refractivity contribution in [1.29, 1.82) is 0 Å². The van der Waals surface area contributed by atoms with Crippen LogP contribution in [0, 0.1) is 5.82 Å². The first kappa shape index (κ1) is 13.3. The summed E-state index contributed by atoms with van der Waals surface area (Å²) in [4.78, 5) is 0. The highest BCUT2D eigenvalue weighted by Gasteiger charge is 2.16. The topological polar surface area (TPSA) is 25.2 Å². The van der Waals surface area contributed by atoms with Crippen molar-refractivity contribution in [3.05, 3.63) is 58.2 Å². The molecule has 2 aromatic rings. The van der Waals surface area contributed by atoms with Crippen LogP contribution in [0.5, 0.6) is 0 Å². The number of rotatable bonds is 4. The fourth-order valence-electron chi connectivity index (χ4n) is 1.93. The molecule has 0 saturated carbocycles. The van der Waals surface area contributed by atoms with Crippen molar-refractivity contribution in [3.63, 3.8) is 0 Å². The maximum atomic E-state index is 13.7. The lowest BCUT2D eigenvalue weighted by molar-refractivity contribution is 0.397. The summed E-state index contributed by atoms with van der Waals surface area (Å²) in [5.41, 5.74) is 0.641. The van der Waals surface area contributed by atoms with E-state index in [-0.39, 0.29) is 17.9 Å². The molecule has 2 rings (SSSR count). The van der Waals surface area contributed by atoms with Gasteiger partial charge in [-0.3, -0.25) is 0 Å². The third-order valence-electron chi connectivity index (χ3n) is 2.89. The van der Waals surface area contributed by atoms with Crippen LogP contribution in [0.4, 0.5) is 4.39 Å². The molecule has 0 fully saturated rings. The minimum absolute atomic E-state index is 0.0355. The van der Waals surface area contributed by atoms with Crippen LogP contribution in [0.15, 0.2) is 45.5 Å². The molecule has 0 radical (unpaired) electrons. The Balaban J connectivity index is 2.12. The Labute approximate surface area is 114 Å². The molecule has 1 aromatic carbocycles. The predicted molar refractivity (Wildman–Crippen MR) is 72.8 cm³/mol. The average molecular weight is 312 g/mol. The smallest absolute Gasteiger partial charge is 0.128 e. The van der Waals surface area contributed by atoms with E-state index in [0.29, 0.717) is 5.56 Å². The largest absolute Gasteiger partial charge is 0.468 e. The van der Waals surface area contributed by atoms with E-state index in [1.54, 1.807) is 18.4 Å². The predicted octanol–water partition coefficient (Wildman–Crippen LogP) is 4.59. The normalized spacial score (nSPS) is 14.4. The van der Waals surface area contributed by atoms with Crippen LogP contribution < -0.4 is 5.32 Å². The van der Waals surface area contributed by atoms with Crippen molar-refractivity contribution in [1.82, 2.24) is 5.32 Å². The van der Waals surface area contributed by atoms with E-state index >= 15 is 0 Å². The van der Waals surface area contributed by atoms with Gasteiger partial charge in [0.05, 0.1) is 12.3 Å². The zero-order chi connectivity index (χ0) is 13.1. The standard InChI is InChI=1S/C14H15BrFNO/c1-9(12-8-11(15)5-6-13(12)16)17-10(2)14-4-3-7-18-14/h3-10,17H,1-2H3/t9?,10-/m1/s1. The van der Waals surface area contributed by atoms with Crippen molar-refractivity contribution < 1.29 is 8.81 Å². The summed E-state index contributed by atoms with van der Waals surface area (Å²) in [6.07, 6.45) is 1.64. The lowest BCUT2D eigenvalue weighted by Crippen LogP contribution is -2.22. The Hall–Kier alpha value is -1.13. The third kappa shape index (κ3) is 3.00. The highest BCUT2D eigenvalue weighted by Crippen LogP contribution is 2.24. The number of hydrogen-bond acceptors (Lipinski definition) is 2. The first-order valence-corrected chi connectivity index (χ1v) is 6.61. The van der Waals surface area contributed by atoms with Gasteiger partial charge in [-0.1, -0.05) is 15.9 Å². The second-order valence-corrected chi connectivity index (χ2v) is 5.21. The van der Waals surface area contributed by atoms with Crippen LogP contribution in [-0.2, 0) is 0 Å². The van der Waals surface area contributed by atoms with E-state index in [4.69, 9.17) is 4.42 Å². The molecule has 0 amide bonds. The zero-order valence-electron chi connectivity index (χ0n) is 10.3. The van der Waals surface area contributed by atoms with E-state index < -0.39 is 0 Å². The van der Waals surface area contributed by atoms with Crippen molar-refractivity contribution >= 4 is 15.9 Å². The first-order chi connectivity index (χ1) is 8.58. The highest BCUT2D eigenvalue weighted by atomic mass is 79.9. The molecule has 2 atom stereocenters. The molecule has 1 unspecified atom stereocenters. The van der Waals surface area contributed by atoms with Crippen LogP contribution in [0.2, 0.25) is 0 Å². The zero-order valence-corrected chi connectivity index (χ0v) is 11.9. The van der Waals surface area contributed by atoms with E-state index in [1.165, 1.54) is 6.07 Å². The fraction of sp³-hybridized carbons (Fsp3) is 0.286. The number of furan rings is 1. The summed E-state index contributed by atoms with van der Waals surface area (Å²) in [5, 5.41) is 3.31. The second kappa shape index (κ2) is 5.67. The summed E-state index contributed by atoms with van der Waals surface area (Å²) in [7, 11) is 0. The maximum Gasteiger partial charge on any atom is 0.128 e. The number of hydrogen-bond donors (Lipinski definition) is 1. The number of benzene rings is 1. The molecule has 4 heteroatoms. The Kier molecular flexibility index (Phi) is 4.19. The molecule has 1 heterocycles. The Morgan fingerprint density at radius 1 is 1.22 bits per heavy atom. The SMILES string of the molecule is CC(N[C@H](C)c1ccco1)c1cc(Br)ccc1F. The van der Waals surface area contributed by atoms with E-state index in [1.807, 2.05) is 26.0 Å². The fourth-order valence-corrected chi connectivity index (χ4v) is 2.31. The van der Waals surface area contributed by atoms with Crippen molar-refractivity contribution in [2.45, 2.75) is 25.9 Å². The quantitative estimate of drug-likeness (QED) is 0.893. The molecule has 18 heavy (non-hydrogen) atoms. The lowest BCUT2D eigenvalue weighted by atomic mass is 10.1. The first-order valence-electron chi connectivity index (χ1n) is 5.82. The van der Waals surface area contributed by atoms with Gasteiger partial charge >= 0.3 is 0 Å². The van der Waals surface area contributed by atoms with Crippen molar-refractivity contribution in [2.75, 3.05) is 0 Å². The van der Waals surface area contributed by atoms with Gasteiger partial charge in [0.1, 0.15) is 11.6 Å². The van der Waals surface area contributed by atoms with Gasteiger partial charge in [-0.2, -0.15) is 0 Å². The molecule has 0 bridgehead atoms. The van der Waals surface area contributed by atoms with Gasteiger partial charge in [-0.15, -0.1) is 0 Å². The van der Waals surface area contributed by atoms with Crippen LogP contribution in [-0.4, -0.2) is 0 Å². The number of nitrogens with one attached hydrogen (secondary N) is 1. The highest BCUT2D eigenvalue weighted by molar-refractivity contribution is 9.10. The molecule has 1 N–H and O–H groups in total. The summed E-state index contributed by atoms with van der Waals surface area (Å²) in [5.74, 6) is 0.641. The molecule has 0 saturated heterocycles. The maximum absolute atomic E-state index is 13.7. The van der Waals surface area contributed by atoms with E-state index in [2.05, 4.69) is 21.2 Å². The van der Waals surface area contributed by atoms with Crippen LogP contribution in [0.3, 0.4) is 0 Å². The average Bonchev–Trinajstić information content (AvgIpc) is 2.85. The van der Waals surface area contributed by atoms with Crippen LogP contribution in [0.1, 0.15) is 37.3 Å². The van der Waals surface area contributed by atoms with Crippen LogP contribution in [0.25, 0.3) is 0 Å². The Morgan fingerprint density at radius 3 is 2.67 bits per heavy atom. The molecule has 1 aromatic heterocycles. The molecular formula is C14H15BrFNO. The summed E-state index contributed by atoms with van der Waals surface area (Å²) in [6.45, 7) is 3.93. The monoisotopic (exact) mass is 311 g/mol.